The van der Waals surface area contributed by atoms with Gasteiger partial charge in [0.25, 0.3) is 0 Å². The summed E-state index contributed by atoms with van der Waals surface area (Å²) in [4.78, 5) is 2.03. The number of methoxy groups -OCH3 is 1. The predicted octanol–water partition coefficient (Wildman–Crippen LogP) is 2.98. The molecule has 1 aromatic heterocycles. The lowest BCUT2D eigenvalue weighted by Crippen LogP contribution is -2.18. The lowest BCUT2D eigenvalue weighted by molar-refractivity contribution is 0.194. The molecule has 0 amide bonds. The van der Waals surface area contributed by atoms with Crippen LogP contribution >= 0.6 is 0 Å². The van der Waals surface area contributed by atoms with Crippen molar-refractivity contribution < 1.29 is 14.3 Å². The lowest BCUT2D eigenvalue weighted by Gasteiger charge is -2.24. The van der Waals surface area contributed by atoms with E-state index in [4.69, 9.17) is 9.15 Å². The summed E-state index contributed by atoms with van der Waals surface area (Å²) >= 11 is 0. The van der Waals surface area contributed by atoms with Crippen LogP contribution in [0.1, 0.15) is 24.4 Å². The Hall–Kier alpha value is -1.94. The monoisotopic (exact) mass is 261 g/mol. The van der Waals surface area contributed by atoms with Crippen LogP contribution in [0.4, 0.5) is 5.69 Å². The number of aliphatic hydroxyl groups is 1. The third kappa shape index (κ3) is 2.90. The van der Waals surface area contributed by atoms with Gasteiger partial charge in [-0.25, -0.2) is 0 Å². The highest BCUT2D eigenvalue weighted by Gasteiger charge is 2.17. The number of anilines is 1. The molecule has 2 aromatic rings. The van der Waals surface area contributed by atoms with Gasteiger partial charge >= 0.3 is 0 Å². The summed E-state index contributed by atoms with van der Waals surface area (Å²) < 4.78 is 10.7. The first-order valence-electron chi connectivity index (χ1n) is 6.22. The SMILES string of the molecule is COc1cccc(N(C)Cc2ccco2)c1[C@H](C)O. The van der Waals surface area contributed by atoms with Crippen molar-refractivity contribution in [3.05, 3.63) is 47.9 Å². The van der Waals surface area contributed by atoms with Gasteiger partial charge in [0.2, 0.25) is 0 Å². The lowest BCUT2D eigenvalue weighted by atomic mass is 10.1. The Morgan fingerprint density at radius 2 is 2.11 bits per heavy atom. The molecule has 0 aliphatic heterocycles. The van der Waals surface area contributed by atoms with Crippen molar-refractivity contribution in [3.63, 3.8) is 0 Å². The van der Waals surface area contributed by atoms with E-state index in [9.17, 15) is 5.11 Å². The summed E-state index contributed by atoms with van der Waals surface area (Å²) in [6, 6.07) is 9.53. The fraction of sp³-hybridized carbons (Fsp3) is 0.333. The van der Waals surface area contributed by atoms with Gasteiger partial charge < -0.3 is 19.2 Å². The van der Waals surface area contributed by atoms with Gasteiger partial charge in [-0.05, 0) is 31.2 Å². The molecule has 1 atom stereocenters. The zero-order valence-electron chi connectivity index (χ0n) is 11.5. The van der Waals surface area contributed by atoms with E-state index >= 15 is 0 Å². The molecule has 1 aromatic carbocycles. The van der Waals surface area contributed by atoms with Crippen LogP contribution in [0.15, 0.2) is 41.0 Å². The van der Waals surface area contributed by atoms with Crippen LogP contribution in [0.2, 0.25) is 0 Å². The summed E-state index contributed by atoms with van der Waals surface area (Å²) in [5.41, 5.74) is 1.73. The molecule has 4 heteroatoms. The molecule has 0 aliphatic carbocycles. The van der Waals surface area contributed by atoms with Gasteiger partial charge in [-0.2, -0.15) is 0 Å². The summed E-state index contributed by atoms with van der Waals surface area (Å²) in [7, 11) is 3.57. The molecule has 0 fully saturated rings. The number of ether oxygens (including phenoxy) is 1. The van der Waals surface area contributed by atoms with E-state index in [-0.39, 0.29) is 0 Å². The van der Waals surface area contributed by atoms with Crippen LogP contribution in [0, 0.1) is 0 Å². The maximum Gasteiger partial charge on any atom is 0.126 e. The number of rotatable bonds is 5. The Bertz CT molecular complexity index is 520. The minimum atomic E-state index is -0.592. The summed E-state index contributed by atoms with van der Waals surface area (Å²) in [6.45, 7) is 2.38. The van der Waals surface area contributed by atoms with Gasteiger partial charge in [0, 0.05) is 18.3 Å². The highest BCUT2D eigenvalue weighted by molar-refractivity contribution is 5.60. The third-order valence-electron chi connectivity index (χ3n) is 3.07. The second-order valence-corrected chi connectivity index (χ2v) is 4.50. The van der Waals surface area contributed by atoms with Crippen molar-refractivity contribution in [1.82, 2.24) is 0 Å². The Morgan fingerprint density at radius 3 is 2.68 bits per heavy atom. The van der Waals surface area contributed by atoms with E-state index in [0.29, 0.717) is 12.3 Å². The van der Waals surface area contributed by atoms with E-state index < -0.39 is 6.10 Å². The molecule has 0 saturated heterocycles. The summed E-state index contributed by atoms with van der Waals surface area (Å²) in [5.74, 6) is 1.57. The molecule has 0 unspecified atom stereocenters. The van der Waals surface area contributed by atoms with Crippen molar-refractivity contribution >= 4 is 5.69 Å². The number of furan rings is 1. The molecular formula is C15H19NO3. The van der Waals surface area contributed by atoms with Gasteiger partial charge in [-0.15, -0.1) is 0 Å². The van der Waals surface area contributed by atoms with E-state index in [1.165, 1.54) is 0 Å². The fourth-order valence-electron chi connectivity index (χ4n) is 2.18. The topological polar surface area (TPSA) is 45.8 Å². The number of benzene rings is 1. The third-order valence-corrected chi connectivity index (χ3v) is 3.07. The molecule has 0 aliphatic rings. The Balaban J connectivity index is 2.32. The van der Waals surface area contributed by atoms with Crippen LogP contribution in [0.25, 0.3) is 0 Å². The van der Waals surface area contributed by atoms with Crippen molar-refractivity contribution in [3.8, 4) is 5.75 Å². The van der Waals surface area contributed by atoms with Crippen molar-refractivity contribution in [1.29, 1.82) is 0 Å². The van der Waals surface area contributed by atoms with E-state index in [1.54, 1.807) is 20.3 Å². The number of hydrogen-bond acceptors (Lipinski definition) is 4. The highest BCUT2D eigenvalue weighted by atomic mass is 16.5. The zero-order valence-corrected chi connectivity index (χ0v) is 11.5. The number of nitrogens with zero attached hydrogens (tertiary/aromatic N) is 1. The minimum absolute atomic E-state index is 0.592. The smallest absolute Gasteiger partial charge is 0.126 e. The molecule has 1 N–H and O–H groups in total. The molecule has 4 nitrogen and oxygen atoms in total. The minimum Gasteiger partial charge on any atom is -0.496 e. The van der Waals surface area contributed by atoms with Crippen LogP contribution < -0.4 is 9.64 Å². The summed E-state index contributed by atoms with van der Waals surface area (Å²) in [6.07, 6.45) is 1.06. The molecule has 0 radical (unpaired) electrons. The van der Waals surface area contributed by atoms with Crippen molar-refractivity contribution in [2.24, 2.45) is 0 Å². The Morgan fingerprint density at radius 1 is 1.32 bits per heavy atom. The van der Waals surface area contributed by atoms with Crippen LogP contribution in [0.3, 0.4) is 0 Å². The van der Waals surface area contributed by atoms with Gasteiger partial charge in [0.05, 0.1) is 26.0 Å². The average molecular weight is 261 g/mol. The Kier molecular flexibility index (Phi) is 4.12. The highest BCUT2D eigenvalue weighted by Crippen LogP contribution is 2.34. The fourth-order valence-corrected chi connectivity index (χ4v) is 2.18. The first-order chi connectivity index (χ1) is 9.13. The summed E-state index contributed by atoms with van der Waals surface area (Å²) in [5, 5.41) is 9.96. The molecule has 0 bridgehead atoms. The Labute approximate surface area is 113 Å². The van der Waals surface area contributed by atoms with Crippen molar-refractivity contribution in [2.45, 2.75) is 19.6 Å². The number of aliphatic hydroxyl groups excluding tert-OH is 1. The van der Waals surface area contributed by atoms with Crippen LogP contribution in [0.5, 0.6) is 5.75 Å². The number of hydrogen-bond donors (Lipinski definition) is 1. The average Bonchev–Trinajstić information content (AvgIpc) is 2.90. The van der Waals surface area contributed by atoms with Crippen molar-refractivity contribution in [2.75, 3.05) is 19.1 Å². The molecule has 2 rings (SSSR count). The normalized spacial score (nSPS) is 12.2. The maximum atomic E-state index is 9.96. The van der Waals surface area contributed by atoms with E-state index in [2.05, 4.69) is 0 Å². The largest absolute Gasteiger partial charge is 0.496 e. The van der Waals surface area contributed by atoms with E-state index in [0.717, 1.165) is 17.0 Å². The van der Waals surface area contributed by atoms with Gasteiger partial charge in [-0.3, -0.25) is 0 Å². The molecule has 102 valence electrons. The first-order valence-corrected chi connectivity index (χ1v) is 6.22. The predicted molar refractivity (Wildman–Crippen MR) is 74.4 cm³/mol. The van der Waals surface area contributed by atoms with Crippen LogP contribution in [-0.2, 0) is 6.54 Å². The quantitative estimate of drug-likeness (QED) is 0.898. The second-order valence-electron chi connectivity index (χ2n) is 4.50. The first kappa shape index (κ1) is 13.5. The molecule has 0 saturated carbocycles. The molecule has 1 heterocycles. The maximum absolute atomic E-state index is 9.96. The van der Waals surface area contributed by atoms with E-state index in [1.807, 2.05) is 42.3 Å². The molecule has 19 heavy (non-hydrogen) atoms. The van der Waals surface area contributed by atoms with Gasteiger partial charge in [0.15, 0.2) is 0 Å². The zero-order chi connectivity index (χ0) is 13.8. The van der Waals surface area contributed by atoms with Crippen LogP contribution in [-0.4, -0.2) is 19.3 Å². The second kappa shape index (κ2) is 5.80. The van der Waals surface area contributed by atoms with Gasteiger partial charge in [-0.1, -0.05) is 6.07 Å². The molecule has 0 spiro atoms. The van der Waals surface area contributed by atoms with Gasteiger partial charge in [0.1, 0.15) is 11.5 Å². The molecular weight excluding hydrogens is 242 g/mol. The standard InChI is InChI=1S/C15H19NO3/c1-11(17)15-13(7-4-8-14(15)18-3)16(2)10-12-6-5-9-19-12/h4-9,11,17H,10H2,1-3H3/t11-/m0/s1.